The van der Waals surface area contributed by atoms with Crippen LogP contribution in [0.1, 0.15) is 6.92 Å². The quantitative estimate of drug-likeness (QED) is 0.508. The van der Waals surface area contributed by atoms with Gasteiger partial charge in [-0.1, -0.05) is 0 Å². The molecule has 0 aliphatic rings. The van der Waals surface area contributed by atoms with Crippen molar-refractivity contribution in [1.82, 2.24) is 0 Å². The van der Waals surface area contributed by atoms with E-state index in [1.807, 2.05) is 0 Å². The van der Waals surface area contributed by atoms with Gasteiger partial charge in [0.05, 0.1) is 18.1 Å². The van der Waals surface area contributed by atoms with E-state index in [-0.39, 0.29) is 6.61 Å². The molecule has 0 saturated heterocycles. The van der Waals surface area contributed by atoms with Crippen LogP contribution in [-0.2, 0) is 0 Å². The third kappa shape index (κ3) is 2.85. The molecule has 2 nitrogen and oxygen atoms in total. The summed E-state index contributed by atoms with van der Waals surface area (Å²) < 4.78 is 0. The summed E-state index contributed by atoms with van der Waals surface area (Å²) in [6.45, 7) is 1.37. The van der Waals surface area contributed by atoms with Gasteiger partial charge in [-0.2, -0.15) is 0 Å². The van der Waals surface area contributed by atoms with Gasteiger partial charge in [-0.25, -0.2) is 0 Å². The molecule has 2 unspecified atom stereocenters. The minimum absolute atomic E-state index is 0.167. The van der Waals surface area contributed by atoms with Gasteiger partial charge in [0.1, 0.15) is 0 Å². The highest BCUT2D eigenvalue weighted by molar-refractivity contribution is 6.21. The van der Waals surface area contributed by atoms with Crippen LogP contribution in [0.5, 0.6) is 0 Å². The Hall–Kier alpha value is 0.210. The standard InChI is InChI=1S/C4H9ClO2/c1-3(7)4(5)2-6/h3-4,6-7H,2H2,1H3. The monoisotopic (exact) mass is 124 g/mol. The number of hydrogen-bond acceptors (Lipinski definition) is 2. The molecule has 7 heavy (non-hydrogen) atoms. The van der Waals surface area contributed by atoms with Gasteiger partial charge in [0.15, 0.2) is 0 Å². The Morgan fingerprint density at radius 2 is 2.14 bits per heavy atom. The number of alkyl halides is 1. The normalized spacial score (nSPS) is 18.9. The first-order valence-corrected chi connectivity index (χ1v) is 2.55. The molecule has 0 radical (unpaired) electrons. The summed E-state index contributed by atoms with van der Waals surface area (Å²) in [7, 11) is 0. The second kappa shape index (κ2) is 3.24. The number of hydrogen-bond donors (Lipinski definition) is 2. The molecule has 0 saturated carbocycles. The fourth-order valence-electron chi connectivity index (χ4n) is 0.153. The summed E-state index contributed by atoms with van der Waals surface area (Å²) >= 11 is 5.30. The van der Waals surface area contributed by atoms with Crippen LogP contribution in [0.3, 0.4) is 0 Å². The van der Waals surface area contributed by atoms with E-state index in [0.29, 0.717) is 0 Å². The van der Waals surface area contributed by atoms with Gasteiger partial charge in [-0.3, -0.25) is 0 Å². The first-order valence-electron chi connectivity index (χ1n) is 2.11. The molecule has 0 aromatic rings. The average Bonchev–Trinajstić information content (AvgIpc) is 1.65. The number of halogens is 1. The van der Waals surface area contributed by atoms with Crippen molar-refractivity contribution in [2.24, 2.45) is 0 Å². The Kier molecular flexibility index (Phi) is 3.34. The van der Waals surface area contributed by atoms with Crippen LogP contribution in [0, 0.1) is 0 Å². The Labute approximate surface area is 47.7 Å². The van der Waals surface area contributed by atoms with Crippen LogP contribution in [0.2, 0.25) is 0 Å². The Balaban J connectivity index is 3.14. The van der Waals surface area contributed by atoms with Gasteiger partial charge in [0, 0.05) is 0 Å². The summed E-state index contributed by atoms with van der Waals surface area (Å²) in [5.74, 6) is 0. The highest BCUT2D eigenvalue weighted by Gasteiger charge is 2.07. The molecule has 0 aliphatic carbocycles. The molecule has 0 spiro atoms. The zero-order valence-corrected chi connectivity index (χ0v) is 4.89. The second-order valence-corrected chi connectivity index (χ2v) is 2.00. The van der Waals surface area contributed by atoms with Crippen LogP contribution < -0.4 is 0 Å². The highest BCUT2D eigenvalue weighted by Crippen LogP contribution is 1.98. The van der Waals surface area contributed by atoms with Crippen molar-refractivity contribution in [2.45, 2.75) is 18.4 Å². The molecular weight excluding hydrogens is 115 g/mol. The van der Waals surface area contributed by atoms with E-state index in [9.17, 15) is 0 Å². The molecule has 0 aromatic heterocycles. The van der Waals surface area contributed by atoms with Gasteiger partial charge in [-0.05, 0) is 6.92 Å². The van der Waals surface area contributed by atoms with E-state index >= 15 is 0 Å². The number of aliphatic hydroxyl groups excluding tert-OH is 2. The molecule has 0 amide bonds. The van der Waals surface area contributed by atoms with Crippen molar-refractivity contribution in [3.8, 4) is 0 Å². The third-order valence-corrected chi connectivity index (χ3v) is 1.20. The molecule has 0 rings (SSSR count). The molecule has 3 heteroatoms. The van der Waals surface area contributed by atoms with Gasteiger partial charge in [0.25, 0.3) is 0 Å². The van der Waals surface area contributed by atoms with Gasteiger partial charge in [0.2, 0.25) is 0 Å². The van der Waals surface area contributed by atoms with E-state index in [0.717, 1.165) is 0 Å². The van der Waals surface area contributed by atoms with E-state index in [2.05, 4.69) is 0 Å². The molecule has 0 fully saturated rings. The summed E-state index contributed by atoms with van der Waals surface area (Å²) in [6, 6.07) is 0. The lowest BCUT2D eigenvalue weighted by atomic mass is 10.3. The second-order valence-electron chi connectivity index (χ2n) is 1.44. The highest BCUT2D eigenvalue weighted by atomic mass is 35.5. The third-order valence-electron chi connectivity index (χ3n) is 0.698. The minimum Gasteiger partial charge on any atom is -0.395 e. The summed E-state index contributed by atoms with van der Waals surface area (Å²) in [4.78, 5) is 0. The zero-order chi connectivity index (χ0) is 5.86. The zero-order valence-electron chi connectivity index (χ0n) is 4.13. The van der Waals surface area contributed by atoms with Crippen LogP contribution in [0.15, 0.2) is 0 Å². The average molecular weight is 125 g/mol. The topological polar surface area (TPSA) is 40.5 Å². The lowest BCUT2D eigenvalue weighted by molar-refractivity contribution is 0.153. The van der Waals surface area contributed by atoms with Crippen molar-refractivity contribution in [3.05, 3.63) is 0 Å². The first-order chi connectivity index (χ1) is 3.18. The van der Waals surface area contributed by atoms with E-state index < -0.39 is 11.5 Å². The first kappa shape index (κ1) is 7.21. The molecule has 2 atom stereocenters. The molecule has 44 valence electrons. The molecule has 0 aliphatic heterocycles. The summed E-state index contributed by atoms with van der Waals surface area (Å²) in [5, 5.41) is 16.2. The fraction of sp³-hybridized carbons (Fsp3) is 1.00. The van der Waals surface area contributed by atoms with Crippen LogP contribution in [0.25, 0.3) is 0 Å². The van der Waals surface area contributed by atoms with Crippen molar-refractivity contribution in [1.29, 1.82) is 0 Å². The molecule has 0 aromatic carbocycles. The SMILES string of the molecule is CC(O)C(Cl)CO. The van der Waals surface area contributed by atoms with E-state index in [1.54, 1.807) is 0 Å². The van der Waals surface area contributed by atoms with Gasteiger partial charge in [-0.15, -0.1) is 11.6 Å². The Bertz CT molecular complexity index is 47.0. The molecular formula is C4H9ClO2. The molecule has 0 bridgehead atoms. The maximum absolute atomic E-state index is 8.53. The molecule has 2 N–H and O–H groups in total. The van der Waals surface area contributed by atoms with Crippen LogP contribution >= 0.6 is 11.6 Å². The van der Waals surface area contributed by atoms with Crippen molar-refractivity contribution in [2.75, 3.05) is 6.61 Å². The minimum atomic E-state index is -0.619. The Morgan fingerprint density at radius 3 is 2.14 bits per heavy atom. The summed E-state index contributed by atoms with van der Waals surface area (Å²) in [5.41, 5.74) is 0. The predicted octanol–water partition coefficient (Wildman–Crippen LogP) is -0.0331. The maximum atomic E-state index is 8.53. The lowest BCUT2D eigenvalue weighted by Crippen LogP contribution is -2.19. The van der Waals surface area contributed by atoms with Crippen molar-refractivity contribution >= 4 is 11.6 Å². The largest absolute Gasteiger partial charge is 0.395 e. The van der Waals surface area contributed by atoms with Crippen LogP contribution in [0.4, 0.5) is 0 Å². The van der Waals surface area contributed by atoms with Crippen molar-refractivity contribution in [3.63, 3.8) is 0 Å². The molecule has 0 heterocycles. The number of aliphatic hydroxyl groups is 2. The lowest BCUT2D eigenvalue weighted by Gasteiger charge is -2.06. The van der Waals surface area contributed by atoms with Crippen LogP contribution in [-0.4, -0.2) is 28.3 Å². The van der Waals surface area contributed by atoms with Gasteiger partial charge >= 0.3 is 0 Å². The van der Waals surface area contributed by atoms with Crippen molar-refractivity contribution < 1.29 is 10.2 Å². The summed E-state index contributed by atoms with van der Waals surface area (Å²) in [6.07, 6.45) is -0.619. The van der Waals surface area contributed by atoms with E-state index in [4.69, 9.17) is 21.8 Å². The fourth-order valence-corrected chi connectivity index (χ4v) is 0.153. The number of rotatable bonds is 2. The predicted molar refractivity (Wildman–Crippen MR) is 28.4 cm³/mol. The maximum Gasteiger partial charge on any atom is 0.0823 e. The Morgan fingerprint density at radius 1 is 1.71 bits per heavy atom. The smallest absolute Gasteiger partial charge is 0.0823 e. The van der Waals surface area contributed by atoms with E-state index in [1.165, 1.54) is 6.92 Å². The van der Waals surface area contributed by atoms with Gasteiger partial charge < -0.3 is 10.2 Å².